The molecule has 1 N–H and O–H groups in total. The Bertz CT molecular complexity index is 828. The van der Waals surface area contributed by atoms with Crippen molar-refractivity contribution in [2.24, 2.45) is 11.8 Å². The molecule has 5 nitrogen and oxygen atoms in total. The molecule has 0 bridgehead atoms. The van der Waals surface area contributed by atoms with Crippen LogP contribution < -0.4 is 9.46 Å². The highest BCUT2D eigenvalue weighted by Gasteiger charge is 2.21. The number of hydrogen-bond donors (Lipinski definition) is 1. The van der Waals surface area contributed by atoms with Gasteiger partial charge in [0, 0.05) is 19.6 Å². The molecule has 28 heavy (non-hydrogen) atoms. The second-order valence-corrected chi connectivity index (χ2v) is 9.61. The quantitative estimate of drug-likeness (QED) is 0.675. The molecule has 1 saturated heterocycles. The minimum atomic E-state index is -3.50. The first-order valence-electron chi connectivity index (χ1n) is 9.97. The van der Waals surface area contributed by atoms with Gasteiger partial charge in [-0.2, -0.15) is 0 Å². The summed E-state index contributed by atoms with van der Waals surface area (Å²) in [5.41, 5.74) is 0. The molecule has 2 unspecified atom stereocenters. The molecule has 6 heteroatoms. The zero-order chi connectivity index (χ0) is 20.0. The van der Waals surface area contributed by atoms with Crippen molar-refractivity contribution in [3.8, 4) is 11.5 Å². The predicted octanol–water partition coefficient (Wildman–Crippen LogP) is 4.13. The van der Waals surface area contributed by atoms with Crippen molar-refractivity contribution in [1.82, 2.24) is 9.62 Å². The van der Waals surface area contributed by atoms with Gasteiger partial charge in [-0.3, -0.25) is 0 Å². The number of rotatable bonds is 8. The largest absolute Gasteiger partial charge is 0.457 e. The average molecular weight is 403 g/mol. The fourth-order valence-electron chi connectivity index (χ4n) is 3.88. The summed E-state index contributed by atoms with van der Waals surface area (Å²) in [5.74, 6) is 2.77. The Kier molecular flexibility index (Phi) is 7.10. The number of benzene rings is 2. The fraction of sp³-hybridized carbons (Fsp3) is 0.455. The third-order valence-corrected chi connectivity index (χ3v) is 6.48. The van der Waals surface area contributed by atoms with Crippen LogP contribution in [0.3, 0.4) is 0 Å². The molecule has 2 aromatic rings. The lowest BCUT2D eigenvalue weighted by Crippen LogP contribution is -2.40. The topological polar surface area (TPSA) is 58.6 Å². The number of piperidine rings is 1. The molecular weight excluding hydrogens is 372 g/mol. The van der Waals surface area contributed by atoms with Gasteiger partial charge in [0.1, 0.15) is 11.5 Å². The smallest absolute Gasteiger partial charge is 0.240 e. The average Bonchev–Trinajstić information content (AvgIpc) is 2.66. The van der Waals surface area contributed by atoms with Crippen LogP contribution in [-0.4, -0.2) is 39.5 Å². The van der Waals surface area contributed by atoms with Gasteiger partial charge in [0.2, 0.25) is 10.0 Å². The number of nitrogens with zero attached hydrogens (tertiary/aromatic N) is 1. The normalized spacial score (nSPS) is 20.8. The molecule has 1 fully saturated rings. The number of likely N-dealkylation sites (tertiary alicyclic amines) is 1. The molecular formula is C22H30N2O3S. The Morgan fingerprint density at radius 2 is 1.57 bits per heavy atom. The van der Waals surface area contributed by atoms with Crippen LogP contribution in [0.5, 0.6) is 11.5 Å². The molecule has 0 amide bonds. The van der Waals surface area contributed by atoms with Crippen LogP contribution in [0.25, 0.3) is 0 Å². The van der Waals surface area contributed by atoms with Crippen LogP contribution in [-0.2, 0) is 10.0 Å². The Balaban J connectivity index is 1.47. The van der Waals surface area contributed by atoms with Crippen molar-refractivity contribution in [1.29, 1.82) is 0 Å². The minimum absolute atomic E-state index is 0.258. The van der Waals surface area contributed by atoms with E-state index in [-0.39, 0.29) is 4.90 Å². The summed E-state index contributed by atoms with van der Waals surface area (Å²) in [6.45, 7) is 8.18. The highest BCUT2D eigenvalue weighted by molar-refractivity contribution is 7.89. The van der Waals surface area contributed by atoms with Gasteiger partial charge in [-0.25, -0.2) is 13.1 Å². The number of nitrogens with one attached hydrogen (secondary N) is 1. The molecule has 152 valence electrons. The zero-order valence-electron chi connectivity index (χ0n) is 16.7. The lowest BCUT2D eigenvalue weighted by atomic mass is 9.92. The summed E-state index contributed by atoms with van der Waals surface area (Å²) in [7, 11) is -3.50. The summed E-state index contributed by atoms with van der Waals surface area (Å²) in [6.07, 6.45) is 2.10. The third kappa shape index (κ3) is 6.06. The van der Waals surface area contributed by atoms with Crippen molar-refractivity contribution in [3.05, 3.63) is 54.6 Å². The lowest BCUT2D eigenvalue weighted by molar-refractivity contribution is 0.140. The molecule has 2 atom stereocenters. The maximum atomic E-state index is 12.5. The van der Waals surface area contributed by atoms with E-state index >= 15 is 0 Å². The van der Waals surface area contributed by atoms with Crippen LogP contribution in [0.1, 0.15) is 26.7 Å². The lowest BCUT2D eigenvalue weighted by Gasteiger charge is -2.34. The predicted molar refractivity (Wildman–Crippen MR) is 112 cm³/mol. The molecule has 0 spiro atoms. The van der Waals surface area contributed by atoms with Gasteiger partial charge in [0.25, 0.3) is 0 Å². The van der Waals surface area contributed by atoms with Crippen LogP contribution in [0.2, 0.25) is 0 Å². The van der Waals surface area contributed by atoms with Crippen molar-refractivity contribution < 1.29 is 13.2 Å². The second-order valence-electron chi connectivity index (χ2n) is 7.84. The number of para-hydroxylation sites is 1. The van der Waals surface area contributed by atoms with Gasteiger partial charge in [0.15, 0.2) is 0 Å². The molecule has 0 aromatic heterocycles. The Morgan fingerprint density at radius 3 is 2.21 bits per heavy atom. The minimum Gasteiger partial charge on any atom is -0.457 e. The molecule has 3 rings (SSSR count). The Hall–Kier alpha value is -1.89. The summed E-state index contributed by atoms with van der Waals surface area (Å²) in [6, 6.07) is 15.9. The molecule has 2 aromatic carbocycles. The summed E-state index contributed by atoms with van der Waals surface area (Å²) < 4.78 is 33.4. The number of hydrogen-bond acceptors (Lipinski definition) is 4. The molecule has 0 radical (unpaired) electrons. The van der Waals surface area contributed by atoms with E-state index in [4.69, 9.17) is 4.74 Å². The highest BCUT2D eigenvalue weighted by Crippen LogP contribution is 2.23. The third-order valence-electron chi connectivity index (χ3n) is 5.00. The van der Waals surface area contributed by atoms with Gasteiger partial charge in [0.05, 0.1) is 4.90 Å². The van der Waals surface area contributed by atoms with Crippen molar-refractivity contribution >= 4 is 10.0 Å². The maximum absolute atomic E-state index is 12.5. The first kappa shape index (κ1) is 20.8. The van der Waals surface area contributed by atoms with E-state index in [2.05, 4.69) is 23.5 Å². The Labute approximate surface area is 168 Å². The number of sulfonamides is 1. The SMILES string of the molecule is CC1CC(C)CN(CCCNS(=O)(=O)c2ccc(Oc3ccccc3)cc2)C1. The molecule has 1 aliphatic rings. The maximum Gasteiger partial charge on any atom is 0.240 e. The van der Waals surface area contributed by atoms with Gasteiger partial charge in [-0.15, -0.1) is 0 Å². The van der Waals surface area contributed by atoms with Crippen molar-refractivity contribution in [2.45, 2.75) is 31.6 Å². The van der Waals surface area contributed by atoms with Gasteiger partial charge in [-0.05, 0) is 67.6 Å². The summed E-state index contributed by atoms with van der Waals surface area (Å²) >= 11 is 0. The van der Waals surface area contributed by atoms with Crippen LogP contribution in [0.4, 0.5) is 0 Å². The van der Waals surface area contributed by atoms with Crippen LogP contribution >= 0.6 is 0 Å². The zero-order valence-corrected chi connectivity index (χ0v) is 17.5. The fourth-order valence-corrected chi connectivity index (χ4v) is 4.95. The van der Waals surface area contributed by atoms with E-state index in [1.54, 1.807) is 24.3 Å². The van der Waals surface area contributed by atoms with E-state index in [0.29, 0.717) is 12.3 Å². The second kappa shape index (κ2) is 9.54. The van der Waals surface area contributed by atoms with Gasteiger partial charge < -0.3 is 9.64 Å². The molecule has 0 saturated carbocycles. The monoisotopic (exact) mass is 402 g/mol. The van der Waals surface area contributed by atoms with Crippen LogP contribution in [0.15, 0.2) is 59.5 Å². The van der Waals surface area contributed by atoms with E-state index in [1.807, 2.05) is 30.3 Å². The summed E-state index contributed by atoms with van der Waals surface area (Å²) in [4.78, 5) is 2.70. The van der Waals surface area contributed by atoms with Gasteiger partial charge >= 0.3 is 0 Å². The van der Waals surface area contributed by atoms with E-state index in [0.717, 1.165) is 43.6 Å². The van der Waals surface area contributed by atoms with E-state index < -0.39 is 10.0 Å². The summed E-state index contributed by atoms with van der Waals surface area (Å²) in [5, 5.41) is 0. The molecule has 1 heterocycles. The first-order valence-corrected chi connectivity index (χ1v) is 11.5. The molecule has 0 aliphatic carbocycles. The van der Waals surface area contributed by atoms with Crippen molar-refractivity contribution in [2.75, 3.05) is 26.2 Å². The van der Waals surface area contributed by atoms with Crippen molar-refractivity contribution in [3.63, 3.8) is 0 Å². The highest BCUT2D eigenvalue weighted by atomic mass is 32.2. The number of ether oxygens (including phenoxy) is 1. The standard InChI is InChI=1S/C22H30N2O3S/c1-18-15-19(2)17-24(16-18)14-6-13-23-28(25,26)22-11-9-21(10-12-22)27-20-7-4-3-5-8-20/h3-5,7-12,18-19,23H,6,13-17H2,1-2H3. The molecule has 1 aliphatic heterocycles. The van der Waals surface area contributed by atoms with E-state index in [1.165, 1.54) is 6.42 Å². The Morgan fingerprint density at radius 1 is 0.964 bits per heavy atom. The van der Waals surface area contributed by atoms with Gasteiger partial charge in [-0.1, -0.05) is 32.0 Å². The first-order chi connectivity index (χ1) is 13.4. The van der Waals surface area contributed by atoms with E-state index in [9.17, 15) is 8.42 Å². The van der Waals surface area contributed by atoms with Crippen LogP contribution in [0, 0.1) is 11.8 Å².